The maximum Gasteiger partial charge on any atom is 0.232 e. The highest BCUT2D eigenvalue weighted by Crippen LogP contribution is 2.32. The number of amides is 1. The van der Waals surface area contributed by atoms with Crippen molar-refractivity contribution in [3.8, 4) is 23.0 Å². The summed E-state index contributed by atoms with van der Waals surface area (Å²) >= 11 is 0. The predicted octanol–water partition coefficient (Wildman–Crippen LogP) is 3.54. The highest BCUT2D eigenvalue weighted by atomic mass is 32.2. The third kappa shape index (κ3) is 8.47. The normalized spacial score (nSPS) is 12.1. The molecule has 1 heterocycles. The number of carbonyl (C=O) groups is 1. The SMILES string of the molecule is CCCCN(CC)CCCNC(=O)C[S@](=O)Cc1nc(-c2ccc(OC)c(OC)c2)oc1C. The third-order valence-corrected chi connectivity index (χ3v) is 6.54. The number of methoxy groups -OCH3 is 2. The van der Waals surface area contributed by atoms with Crippen molar-refractivity contribution >= 4 is 16.7 Å². The number of nitrogens with zero attached hydrogens (tertiary/aromatic N) is 2. The van der Waals surface area contributed by atoms with Gasteiger partial charge in [-0.05, 0) is 57.6 Å². The Morgan fingerprint density at radius 1 is 1.15 bits per heavy atom. The summed E-state index contributed by atoms with van der Waals surface area (Å²) in [4.78, 5) is 19.1. The number of aromatic nitrogens is 1. The average Bonchev–Trinajstić information content (AvgIpc) is 3.17. The number of unbranched alkanes of at least 4 members (excludes halogenated alkanes) is 1. The summed E-state index contributed by atoms with van der Waals surface area (Å²) in [6, 6.07) is 5.38. The van der Waals surface area contributed by atoms with E-state index in [-0.39, 0.29) is 17.4 Å². The van der Waals surface area contributed by atoms with E-state index in [1.54, 1.807) is 33.3 Å². The second-order valence-corrected chi connectivity index (χ2v) is 9.27. The summed E-state index contributed by atoms with van der Waals surface area (Å²) in [5.41, 5.74) is 1.31. The summed E-state index contributed by atoms with van der Waals surface area (Å²) in [5.74, 6) is 2.09. The molecule has 0 spiro atoms. The first kappa shape index (κ1) is 26.9. The van der Waals surface area contributed by atoms with Crippen LogP contribution in [0.2, 0.25) is 0 Å². The van der Waals surface area contributed by atoms with Gasteiger partial charge in [-0.15, -0.1) is 0 Å². The molecule has 1 aromatic heterocycles. The fourth-order valence-electron chi connectivity index (χ4n) is 3.40. The minimum absolute atomic E-state index is 0.0503. The number of rotatable bonds is 15. The van der Waals surface area contributed by atoms with Crippen LogP contribution >= 0.6 is 0 Å². The first-order valence-electron chi connectivity index (χ1n) is 11.4. The second kappa shape index (κ2) is 14.0. The molecule has 2 rings (SSSR count). The van der Waals surface area contributed by atoms with Gasteiger partial charge in [0.05, 0.1) is 25.7 Å². The van der Waals surface area contributed by atoms with Gasteiger partial charge in [-0.3, -0.25) is 9.00 Å². The van der Waals surface area contributed by atoms with Crippen molar-refractivity contribution in [1.29, 1.82) is 0 Å². The summed E-state index contributed by atoms with van der Waals surface area (Å²) in [6.45, 7) is 9.77. The summed E-state index contributed by atoms with van der Waals surface area (Å²) in [7, 11) is 1.76. The van der Waals surface area contributed by atoms with E-state index in [0.29, 0.717) is 35.4 Å². The van der Waals surface area contributed by atoms with Gasteiger partial charge in [-0.2, -0.15) is 0 Å². The van der Waals surface area contributed by atoms with Gasteiger partial charge in [0.1, 0.15) is 11.5 Å². The number of carbonyl (C=O) groups excluding carboxylic acids is 1. The van der Waals surface area contributed by atoms with E-state index in [4.69, 9.17) is 13.9 Å². The first-order valence-corrected chi connectivity index (χ1v) is 12.9. The van der Waals surface area contributed by atoms with E-state index >= 15 is 0 Å². The van der Waals surface area contributed by atoms with Crippen LogP contribution in [0.5, 0.6) is 11.5 Å². The number of nitrogens with one attached hydrogen (secondary N) is 1. The lowest BCUT2D eigenvalue weighted by Crippen LogP contribution is -2.32. The van der Waals surface area contributed by atoms with Crippen LogP contribution in [-0.4, -0.2) is 66.2 Å². The largest absolute Gasteiger partial charge is 0.493 e. The lowest BCUT2D eigenvalue weighted by molar-refractivity contribution is -0.118. The summed E-state index contributed by atoms with van der Waals surface area (Å²) < 4.78 is 28.9. The lowest BCUT2D eigenvalue weighted by atomic mass is 10.2. The van der Waals surface area contributed by atoms with E-state index in [1.165, 1.54) is 12.8 Å². The van der Waals surface area contributed by atoms with Crippen LogP contribution in [0.25, 0.3) is 11.5 Å². The molecule has 0 aliphatic rings. The Morgan fingerprint density at radius 2 is 1.88 bits per heavy atom. The number of aryl methyl sites for hydroxylation is 1. The molecule has 0 saturated carbocycles. The van der Waals surface area contributed by atoms with E-state index in [1.807, 2.05) is 6.07 Å². The molecule has 1 N–H and O–H groups in total. The highest BCUT2D eigenvalue weighted by molar-refractivity contribution is 7.84. The summed E-state index contributed by atoms with van der Waals surface area (Å²) in [5, 5.41) is 2.88. The molecule has 1 atom stereocenters. The van der Waals surface area contributed by atoms with E-state index < -0.39 is 10.8 Å². The number of hydrogen-bond donors (Lipinski definition) is 1. The molecule has 0 bridgehead atoms. The van der Waals surface area contributed by atoms with Crippen molar-refractivity contribution in [2.24, 2.45) is 0 Å². The Hall–Kier alpha value is -2.39. The van der Waals surface area contributed by atoms with Gasteiger partial charge in [0.2, 0.25) is 11.8 Å². The van der Waals surface area contributed by atoms with Gasteiger partial charge in [0.15, 0.2) is 11.5 Å². The molecule has 0 radical (unpaired) electrons. The minimum Gasteiger partial charge on any atom is -0.493 e. The summed E-state index contributed by atoms with van der Waals surface area (Å²) in [6.07, 6.45) is 3.25. The maximum absolute atomic E-state index is 12.5. The van der Waals surface area contributed by atoms with Gasteiger partial charge in [-0.1, -0.05) is 20.3 Å². The Labute approximate surface area is 199 Å². The van der Waals surface area contributed by atoms with Gasteiger partial charge >= 0.3 is 0 Å². The number of benzene rings is 1. The van der Waals surface area contributed by atoms with E-state index in [2.05, 4.69) is 29.0 Å². The van der Waals surface area contributed by atoms with Crippen molar-refractivity contribution in [2.75, 3.05) is 46.2 Å². The fourth-order valence-corrected chi connectivity index (χ4v) is 4.47. The van der Waals surface area contributed by atoms with Crippen molar-refractivity contribution < 1.29 is 22.9 Å². The molecule has 9 heteroatoms. The van der Waals surface area contributed by atoms with E-state index in [9.17, 15) is 9.00 Å². The molecule has 0 unspecified atom stereocenters. The molecular weight excluding hydrogens is 442 g/mol. The smallest absolute Gasteiger partial charge is 0.232 e. The Kier molecular flexibility index (Phi) is 11.4. The van der Waals surface area contributed by atoms with Gasteiger partial charge in [0, 0.05) is 22.9 Å². The van der Waals surface area contributed by atoms with Crippen LogP contribution in [0.4, 0.5) is 0 Å². The topological polar surface area (TPSA) is 93.9 Å². The second-order valence-electron chi connectivity index (χ2n) is 7.81. The standard InChI is InChI=1S/C24H37N3O5S/c1-6-8-13-27(7-2)14-9-12-25-23(28)17-33(29)16-20-18(3)32-24(26-20)19-10-11-21(30-4)22(15-19)31-5/h10-11,15H,6-9,12-14,16-17H2,1-5H3,(H,25,28)/t33-/m1/s1. The molecule has 0 aliphatic heterocycles. The van der Waals surface area contributed by atoms with Crippen molar-refractivity contribution in [2.45, 2.75) is 45.8 Å². The number of oxazole rings is 1. The fraction of sp³-hybridized carbons (Fsp3) is 0.583. The monoisotopic (exact) mass is 479 g/mol. The first-order chi connectivity index (χ1) is 15.9. The number of ether oxygens (including phenoxy) is 2. The Balaban J connectivity index is 1.84. The van der Waals surface area contributed by atoms with Gasteiger partial charge < -0.3 is 24.1 Å². The molecule has 0 aliphatic carbocycles. The molecule has 184 valence electrons. The molecule has 0 fully saturated rings. The van der Waals surface area contributed by atoms with Crippen molar-refractivity contribution in [3.63, 3.8) is 0 Å². The molecule has 8 nitrogen and oxygen atoms in total. The minimum atomic E-state index is -1.38. The lowest BCUT2D eigenvalue weighted by Gasteiger charge is -2.19. The molecule has 1 amide bonds. The zero-order chi connectivity index (χ0) is 24.2. The highest BCUT2D eigenvalue weighted by Gasteiger charge is 2.17. The molecule has 0 saturated heterocycles. The molecule has 2 aromatic rings. The molecule has 33 heavy (non-hydrogen) atoms. The van der Waals surface area contributed by atoms with Gasteiger partial charge in [-0.25, -0.2) is 4.98 Å². The van der Waals surface area contributed by atoms with Crippen LogP contribution in [0.15, 0.2) is 22.6 Å². The van der Waals surface area contributed by atoms with Crippen LogP contribution < -0.4 is 14.8 Å². The third-order valence-electron chi connectivity index (χ3n) is 5.36. The zero-order valence-electron chi connectivity index (χ0n) is 20.4. The molecular formula is C24H37N3O5S. The molecule has 1 aromatic carbocycles. The Morgan fingerprint density at radius 3 is 2.55 bits per heavy atom. The quantitative estimate of drug-likeness (QED) is 0.391. The average molecular weight is 480 g/mol. The van der Waals surface area contributed by atoms with Gasteiger partial charge in [0.25, 0.3) is 0 Å². The van der Waals surface area contributed by atoms with Crippen LogP contribution in [0.3, 0.4) is 0 Å². The van der Waals surface area contributed by atoms with Crippen LogP contribution in [0.1, 0.15) is 44.6 Å². The number of hydrogen-bond acceptors (Lipinski definition) is 7. The maximum atomic E-state index is 12.5. The van der Waals surface area contributed by atoms with Crippen LogP contribution in [0, 0.1) is 6.92 Å². The van der Waals surface area contributed by atoms with Crippen LogP contribution in [-0.2, 0) is 21.3 Å². The van der Waals surface area contributed by atoms with E-state index in [0.717, 1.165) is 31.6 Å². The zero-order valence-corrected chi connectivity index (χ0v) is 21.3. The predicted molar refractivity (Wildman–Crippen MR) is 131 cm³/mol. The Bertz CT molecular complexity index is 915. The van der Waals surface area contributed by atoms with Crippen molar-refractivity contribution in [3.05, 3.63) is 29.7 Å². The van der Waals surface area contributed by atoms with Crippen molar-refractivity contribution in [1.82, 2.24) is 15.2 Å².